The van der Waals surface area contributed by atoms with E-state index in [1.165, 1.54) is 4.90 Å². The van der Waals surface area contributed by atoms with Gasteiger partial charge in [-0.25, -0.2) is 0 Å². The highest BCUT2D eigenvalue weighted by Gasteiger charge is 2.46. The number of anilines is 1. The van der Waals surface area contributed by atoms with Gasteiger partial charge in [-0.1, -0.05) is 24.3 Å². The molecule has 1 N–H and O–H groups in total. The normalized spacial score (nSPS) is 18.6. The second-order valence-corrected chi connectivity index (χ2v) is 7.21. The third kappa shape index (κ3) is 3.68. The number of hydrogen-bond donors (Lipinski definition) is 1. The topological polar surface area (TPSA) is 97.0 Å². The van der Waals surface area contributed by atoms with Crippen molar-refractivity contribution in [3.8, 4) is 12.1 Å². The van der Waals surface area contributed by atoms with Crippen molar-refractivity contribution in [1.29, 1.82) is 10.5 Å². The van der Waals surface area contributed by atoms with Crippen LogP contribution in [0.4, 0.5) is 5.69 Å². The molecule has 3 rings (SSSR count). The number of nitrogens with zero attached hydrogens (tertiary/aromatic N) is 3. The summed E-state index contributed by atoms with van der Waals surface area (Å²) in [6.45, 7) is 5.80. The molecule has 6 nitrogen and oxygen atoms in total. The maximum Gasteiger partial charge on any atom is 0.244 e. The van der Waals surface area contributed by atoms with Crippen molar-refractivity contribution in [1.82, 2.24) is 5.32 Å². The predicted octanol–water partition coefficient (Wildman–Crippen LogP) is 3.55. The third-order valence-electron chi connectivity index (χ3n) is 5.27. The Kier molecular flexibility index (Phi) is 5.99. The summed E-state index contributed by atoms with van der Waals surface area (Å²) < 4.78 is 0. The van der Waals surface area contributed by atoms with E-state index in [0.717, 1.165) is 5.56 Å². The number of amides is 2. The molecule has 0 bridgehead atoms. The van der Waals surface area contributed by atoms with Crippen LogP contribution in [-0.4, -0.2) is 18.4 Å². The molecule has 0 fully saturated rings. The van der Waals surface area contributed by atoms with Crippen LogP contribution in [-0.2, 0) is 9.59 Å². The zero-order chi connectivity index (χ0) is 21.8. The van der Waals surface area contributed by atoms with Crippen LogP contribution in [0.15, 0.2) is 59.8 Å². The zero-order valence-electron chi connectivity index (χ0n) is 17.1. The molecule has 1 aliphatic rings. The number of carbonyl (C=O) groups is 2. The molecule has 2 aromatic carbocycles. The van der Waals surface area contributed by atoms with E-state index in [1.54, 1.807) is 44.2 Å². The van der Waals surface area contributed by atoms with E-state index in [2.05, 4.69) is 17.5 Å². The average Bonchev–Trinajstić information content (AvgIpc) is 2.73. The second kappa shape index (κ2) is 8.63. The van der Waals surface area contributed by atoms with E-state index in [9.17, 15) is 14.9 Å². The van der Waals surface area contributed by atoms with Crippen molar-refractivity contribution in [3.63, 3.8) is 0 Å². The Morgan fingerprint density at radius 2 is 1.80 bits per heavy atom. The largest absolute Gasteiger partial charge is 0.356 e. The van der Waals surface area contributed by atoms with Crippen molar-refractivity contribution < 1.29 is 9.59 Å². The molecule has 2 unspecified atom stereocenters. The van der Waals surface area contributed by atoms with Crippen LogP contribution in [0.5, 0.6) is 0 Å². The first-order valence-electron chi connectivity index (χ1n) is 9.72. The number of nitriles is 2. The lowest BCUT2D eigenvalue weighted by atomic mass is 9.75. The highest BCUT2D eigenvalue weighted by Crippen LogP contribution is 2.42. The summed E-state index contributed by atoms with van der Waals surface area (Å²) in [4.78, 5) is 28.0. The Balaban J connectivity index is 2.22. The van der Waals surface area contributed by atoms with E-state index >= 15 is 0 Å². The molecule has 2 amide bonds. The summed E-state index contributed by atoms with van der Waals surface area (Å²) in [5, 5.41) is 21.8. The van der Waals surface area contributed by atoms with Gasteiger partial charge in [-0.2, -0.15) is 10.5 Å². The Hall–Kier alpha value is -3.90. The van der Waals surface area contributed by atoms with Crippen molar-refractivity contribution in [2.24, 2.45) is 5.92 Å². The smallest absolute Gasteiger partial charge is 0.244 e. The fourth-order valence-corrected chi connectivity index (χ4v) is 3.87. The Morgan fingerprint density at radius 1 is 1.10 bits per heavy atom. The van der Waals surface area contributed by atoms with Crippen molar-refractivity contribution in [2.75, 3.05) is 11.4 Å². The summed E-state index contributed by atoms with van der Waals surface area (Å²) in [5.41, 5.74) is 3.57. The van der Waals surface area contributed by atoms with E-state index in [1.807, 2.05) is 25.1 Å². The standard InChI is InChI=1S/C24H22N4O2/c1-4-27-23(29)22-21(18-10-8-17(13-25)9-11-18)20(14-26)16(3)28(24(22)30)19-7-5-6-15(2)12-19/h5-12,21-22H,4H2,1-3H3,(H,27,29). The van der Waals surface area contributed by atoms with Crippen molar-refractivity contribution in [2.45, 2.75) is 26.7 Å². The molecule has 1 aliphatic heterocycles. The van der Waals surface area contributed by atoms with Crippen LogP contribution in [0.2, 0.25) is 0 Å². The van der Waals surface area contributed by atoms with E-state index < -0.39 is 17.7 Å². The zero-order valence-corrected chi connectivity index (χ0v) is 17.1. The fraction of sp³-hybridized carbons (Fsp3) is 0.250. The molecule has 2 aromatic rings. The molecular formula is C24H22N4O2. The van der Waals surface area contributed by atoms with Crippen LogP contribution in [0.25, 0.3) is 0 Å². The fourth-order valence-electron chi connectivity index (χ4n) is 3.87. The minimum Gasteiger partial charge on any atom is -0.356 e. The molecule has 6 heteroatoms. The molecule has 150 valence electrons. The number of aryl methyl sites for hydroxylation is 1. The maximum absolute atomic E-state index is 13.6. The highest BCUT2D eigenvalue weighted by atomic mass is 16.2. The molecule has 0 aliphatic carbocycles. The first-order valence-corrected chi connectivity index (χ1v) is 9.72. The molecule has 0 saturated heterocycles. The van der Waals surface area contributed by atoms with Crippen LogP contribution < -0.4 is 10.2 Å². The minimum absolute atomic E-state index is 0.358. The molecular weight excluding hydrogens is 376 g/mol. The van der Waals surface area contributed by atoms with Gasteiger partial charge in [-0.05, 0) is 56.2 Å². The van der Waals surface area contributed by atoms with Gasteiger partial charge in [0.2, 0.25) is 11.8 Å². The van der Waals surface area contributed by atoms with Gasteiger partial charge in [0.15, 0.2) is 0 Å². The lowest BCUT2D eigenvalue weighted by Crippen LogP contribution is -2.49. The molecule has 1 heterocycles. The molecule has 0 radical (unpaired) electrons. The third-order valence-corrected chi connectivity index (χ3v) is 5.27. The Labute approximate surface area is 176 Å². The first kappa shape index (κ1) is 20.8. The van der Waals surface area contributed by atoms with Gasteiger partial charge < -0.3 is 5.32 Å². The summed E-state index contributed by atoms with van der Waals surface area (Å²) in [6, 6.07) is 18.4. The Bertz CT molecular complexity index is 1100. The van der Waals surface area contributed by atoms with Crippen LogP contribution in [0, 0.1) is 35.5 Å². The van der Waals surface area contributed by atoms with Gasteiger partial charge in [0.1, 0.15) is 5.92 Å². The second-order valence-electron chi connectivity index (χ2n) is 7.21. The molecule has 0 spiro atoms. The van der Waals surface area contributed by atoms with E-state index in [4.69, 9.17) is 5.26 Å². The van der Waals surface area contributed by atoms with Crippen LogP contribution in [0.3, 0.4) is 0 Å². The van der Waals surface area contributed by atoms with Gasteiger partial charge >= 0.3 is 0 Å². The molecule has 2 atom stereocenters. The monoisotopic (exact) mass is 398 g/mol. The molecule has 0 aromatic heterocycles. The van der Waals surface area contributed by atoms with Gasteiger partial charge in [0.05, 0.1) is 23.3 Å². The summed E-state index contributed by atoms with van der Waals surface area (Å²) in [5.74, 6) is -2.60. The van der Waals surface area contributed by atoms with Gasteiger partial charge in [0, 0.05) is 23.8 Å². The van der Waals surface area contributed by atoms with Crippen molar-refractivity contribution in [3.05, 3.63) is 76.5 Å². The van der Waals surface area contributed by atoms with Gasteiger partial charge in [-0.3, -0.25) is 14.5 Å². The highest BCUT2D eigenvalue weighted by molar-refractivity contribution is 6.12. The lowest BCUT2D eigenvalue weighted by Gasteiger charge is -2.38. The number of benzene rings is 2. The summed E-state index contributed by atoms with van der Waals surface area (Å²) in [7, 11) is 0. The summed E-state index contributed by atoms with van der Waals surface area (Å²) in [6.07, 6.45) is 0. The SMILES string of the molecule is CCNC(=O)C1C(=O)N(c2cccc(C)c2)C(C)=C(C#N)C1c1ccc(C#N)cc1. The number of rotatable bonds is 4. The maximum atomic E-state index is 13.6. The lowest BCUT2D eigenvalue weighted by molar-refractivity contribution is -0.134. The number of nitrogens with one attached hydrogen (secondary N) is 1. The number of hydrogen-bond acceptors (Lipinski definition) is 4. The van der Waals surface area contributed by atoms with Crippen LogP contribution >= 0.6 is 0 Å². The first-order chi connectivity index (χ1) is 14.4. The van der Waals surface area contributed by atoms with E-state index in [0.29, 0.717) is 34.6 Å². The summed E-state index contributed by atoms with van der Waals surface area (Å²) >= 11 is 0. The number of allylic oxidation sites excluding steroid dienone is 2. The predicted molar refractivity (Wildman–Crippen MR) is 113 cm³/mol. The number of carbonyl (C=O) groups excluding carboxylic acids is 2. The van der Waals surface area contributed by atoms with Gasteiger partial charge in [0.25, 0.3) is 0 Å². The van der Waals surface area contributed by atoms with E-state index in [-0.39, 0.29) is 5.91 Å². The average molecular weight is 398 g/mol. The molecule has 30 heavy (non-hydrogen) atoms. The Morgan fingerprint density at radius 3 is 2.37 bits per heavy atom. The minimum atomic E-state index is -1.09. The quantitative estimate of drug-likeness (QED) is 0.797. The van der Waals surface area contributed by atoms with Crippen molar-refractivity contribution >= 4 is 17.5 Å². The van der Waals surface area contributed by atoms with Crippen LogP contribution in [0.1, 0.15) is 36.5 Å². The molecule has 0 saturated carbocycles. The van der Waals surface area contributed by atoms with Gasteiger partial charge in [-0.15, -0.1) is 0 Å².